The monoisotopic (exact) mass is 365 g/mol. The Balaban J connectivity index is 2.17. The number of anilines is 1. The normalized spacial score (nSPS) is 14.8. The third-order valence-corrected chi connectivity index (χ3v) is 4.13. The first-order chi connectivity index (χ1) is 12.7. The fourth-order valence-corrected chi connectivity index (χ4v) is 3.03. The number of halogens is 1. The second-order valence-electron chi connectivity index (χ2n) is 5.52. The van der Waals surface area contributed by atoms with E-state index >= 15 is 0 Å². The van der Waals surface area contributed by atoms with E-state index in [2.05, 4.69) is 4.99 Å². The van der Waals surface area contributed by atoms with Crippen molar-refractivity contribution in [2.75, 3.05) is 11.5 Å². The van der Waals surface area contributed by atoms with Crippen LogP contribution in [0.2, 0.25) is 0 Å². The van der Waals surface area contributed by atoms with Gasteiger partial charge in [-0.2, -0.15) is 5.26 Å². The summed E-state index contributed by atoms with van der Waals surface area (Å²) in [6.45, 7) is 2.29. The number of esters is 1. The molecule has 0 fully saturated rings. The summed E-state index contributed by atoms with van der Waals surface area (Å²) in [6, 6.07) is 19.1. The van der Waals surface area contributed by atoms with Crippen molar-refractivity contribution in [2.45, 2.75) is 13.5 Å². The molecule has 0 radical (unpaired) electrons. The molecule has 1 heterocycles. The molecule has 0 unspecified atom stereocenters. The van der Waals surface area contributed by atoms with E-state index in [1.807, 2.05) is 65.6 Å². The Kier molecular flexibility index (Phi) is 5.35. The minimum absolute atomic E-state index is 0.0873. The number of benzene rings is 2. The van der Waals surface area contributed by atoms with Gasteiger partial charge in [0.15, 0.2) is 10.7 Å². The number of allylic oxidation sites excluding steroid dienone is 1. The maximum atomic E-state index is 12.3. The fraction of sp³-hybridized carbons (Fsp3) is 0.150. The maximum Gasteiger partial charge on any atom is 0.351 e. The maximum absolute atomic E-state index is 12.3. The Labute approximate surface area is 156 Å². The van der Waals surface area contributed by atoms with Gasteiger partial charge in [-0.1, -0.05) is 54.1 Å². The van der Waals surface area contributed by atoms with Crippen LogP contribution in [0, 0.1) is 11.3 Å². The molecule has 0 aliphatic carbocycles. The highest BCUT2D eigenvalue weighted by Crippen LogP contribution is 2.39. The van der Waals surface area contributed by atoms with Crippen LogP contribution in [-0.4, -0.2) is 17.7 Å². The zero-order valence-corrected chi connectivity index (χ0v) is 14.9. The first kappa shape index (κ1) is 17.7. The fourth-order valence-electron chi connectivity index (χ4n) is 2.74. The number of hydrogen-bond acceptors (Lipinski definition) is 5. The summed E-state index contributed by atoms with van der Waals surface area (Å²) in [4.78, 5) is 18.5. The van der Waals surface area contributed by atoms with Crippen molar-refractivity contribution in [3.8, 4) is 6.07 Å². The molecular formula is C20H16ClN3O2. The standard InChI is InChI=1S/C20H16ClN3O2/c1-2-26-20(25)15(12-22)18-19(21)23-16-10-6-7-11-17(16)24(18)13-14-8-4-3-5-9-14/h3-11H,2,13H2,1H3/b18-15+. The largest absolute Gasteiger partial charge is 0.462 e. The molecule has 26 heavy (non-hydrogen) atoms. The minimum Gasteiger partial charge on any atom is -0.462 e. The van der Waals surface area contributed by atoms with Crippen molar-refractivity contribution in [2.24, 2.45) is 4.99 Å². The highest BCUT2D eigenvalue weighted by atomic mass is 35.5. The van der Waals surface area contributed by atoms with Crippen molar-refractivity contribution in [1.82, 2.24) is 0 Å². The van der Waals surface area contributed by atoms with Gasteiger partial charge in [0.2, 0.25) is 0 Å². The van der Waals surface area contributed by atoms with Gasteiger partial charge in [0.05, 0.1) is 18.0 Å². The van der Waals surface area contributed by atoms with Crippen molar-refractivity contribution in [1.29, 1.82) is 5.26 Å². The number of rotatable bonds is 4. The number of nitriles is 1. The summed E-state index contributed by atoms with van der Waals surface area (Å²) >= 11 is 6.38. The van der Waals surface area contributed by atoms with E-state index in [1.165, 1.54) is 0 Å². The van der Waals surface area contributed by atoms with Gasteiger partial charge in [-0.3, -0.25) is 0 Å². The average molecular weight is 366 g/mol. The summed E-state index contributed by atoms with van der Waals surface area (Å²) in [7, 11) is 0. The van der Waals surface area contributed by atoms with Crippen LogP contribution in [0.4, 0.5) is 11.4 Å². The molecule has 0 amide bonds. The predicted molar refractivity (Wildman–Crippen MR) is 101 cm³/mol. The number of para-hydroxylation sites is 2. The van der Waals surface area contributed by atoms with Crippen LogP contribution in [-0.2, 0) is 16.1 Å². The summed E-state index contributed by atoms with van der Waals surface area (Å²) < 4.78 is 5.02. The molecule has 2 aromatic rings. The van der Waals surface area contributed by atoms with Crippen molar-refractivity contribution in [3.63, 3.8) is 0 Å². The minimum atomic E-state index is -0.712. The Morgan fingerprint density at radius 2 is 1.88 bits per heavy atom. The lowest BCUT2D eigenvalue weighted by molar-refractivity contribution is -0.138. The molecule has 0 bridgehead atoms. The van der Waals surface area contributed by atoms with Gasteiger partial charge in [0.25, 0.3) is 0 Å². The molecule has 0 saturated heterocycles. The van der Waals surface area contributed by atoms with E-state index in [-0.39, 0.29) is 23.0 Å². The zero-order chi connectivity index (χ0) is 18.5. The summed E-state index contributed by atoms with van der Waals surface area (Å²) in [5, 5.41) is 9.66. The van der Waals surface area contributed by atoms with Gasteiger partial charge in [-0.05, 0) is 24.6 Å². The molecule has 0 saturated carbocycles. The second-order valence-corrected chi connectivity index (χ2v) is 5.88. The third kappa shape index (κ3) is 3.46. The molecule has 1 aliphatic heterocycles. The number of ether oxygens (including phenoxy) is 1. The van der Waals surface area contributed by atoms with Crippen LogP contribution < -0.4 is 4.90 Å². The predicted octanol–water partition coefficient (Wildman–Crippen LogP) is 4.32. The Hall–Kier alpha value is -3.10. The number of aliphatic imine (C=N–C) groups is 1. The van der Waals surface area contributed by atoms with Gasteiger partial charge in [-0.25, -0.2) is 9.79 Å². The lowest BCUT2D eigenvalue weighted by Gasteiger charge is -2.31. The topological polar surface area (TPSA) is 65.7 Å². The van der Waals surface area contributed by atoms with Crippen molar-refractivity contribution in [3.05, 3.63) is 71.4 Å². The lowest BCUT2D eigenvalue weighted by Crippen LogP contribution is -2.31. The molecule has 3 rings (SSSR count). The third-order valence-electron chi connectivity index (χ3n) is 3.87. The quantitative estimate of drug-likeness (QED) is 0.460. The second kappa shape index (κ2) is 7.85. The SMILES string of the molecule is CCOC(=O)/C(C#N)=C1\C(Cl)=Nc2ccccc2N1Cc1ccccc1. The van der Waals surface area contributed by atoms with E-state index in [0.29, 0.717) is 12.2 Å². The van der Waals surface area contributed by atoms with E-state index in [1.54, 1.807) is 6.92 Å². The number of fused-ring (bicyclic) bond motifs is 1. The lowest BCUT2D eigenvalue weighted by atomic mass is 10.1. The molecule has 0 aromatic heterocycles. The van der Waals surface area contributed by atoms with E-state index < -0.39 is 5.97 Å². The van der Waals surface area contributed by atoms with Crippen LogP contribution in [0.15, 0.2) is 70.9 Å². The zero-order valence-electron chi connectivity index (χ0n) is 14.1. The Morgan fingerprint density at radius 3 is 2.58 bits per heavy atom. The Bertz CT molecular complexity index is 930. The summed E-state index contributed by atoms with van der Waals surface area (Å²) in [5.41, 5.74) is 2.56. The van der Waals surface area contributed by atoms with Crippen LogP contribution in [0.25, 0.3) is 0 Å². The number of nitrogens with zero attached hydrogens (tertiary/aromatic N) is 3. The number of carbonyl (C=O) groups excluding carboxylic acids is 1. The smallest absolute Gasteiger partial charge is 0.351 e. The van der Waals surface area contributed by atoms with Gasteiger partial charge in [0.1, 0.15) is 11.8 Å². The van der Waals surface area contributed by atoms with Gasteiger partial charge in [-0.15, -0.1) is 0 Å². The van der Waals surface area contributed by atoms with Crippen molar-refractivity contribution < 1.29 is 9.53 Å². The summed E-state index contributed by atoms with van der Waals surface area (Å²) in [6.07, 6.45) is 0. The molecule has 130 valence electrons. The molecule has 0 spiro atoms. The van der Waals surface area contributed by atoms with E-state index in [9.17, 15) is 10.1 Å². The first-order valence-corrected chi connectivity index (χ1v) is 8.50. The van der Waals surface area contributed by atoms with Gasteiger partial charge >= 0.3 is 5.97 Å². The van der Waals surface area contributed by atoms with Crippen LogP contribution in [0.5, 0.6) is 0 Å². The first-order valence-electron chi connectivity index (χ1n) is 8.12. The molecule has 2 aromatic carbocycles. The molecule has 0 N–H and O–H groups in total. The van der Waals surface area contributed by atoms with Gasteiger partial charge in [0, 0.05) is 6.54 Å². The molecule has 1 aliphatic rings. The highest BCUT2D eigenvalue weighted by Gasteiger charge is 2.30. The van der Waals surface area contributed by atoms with Crippen LogP contribution in [0.1, 0.15) is 12.5 Å². The summed E-state index contributed by atoms with van der Waals surface area (Å²) in [5.74, 6) is -0.712. The molecule has 5 nitrogen and oxygen atoms in total. The van der Waals surface area contributed by atoms with Crippen LogP contribution in [0.3, 0.4) is 0 Å². The Morgan fingerprint density at radius 1 is 1.19 bits per heavy atom. The van der Waals surface area contributed by atoms with Crippen molar-refractivity contribution >= 4 is 34.1 Å². The van der Waals surface area contributed by atoms with E-state index in [0.717, 1.165) is 11.3 Å². The molecular weight excluding hydrogens is 350 g/mol. The molecule has 0 atom stereocenters. The molecule has 6 heteroatoms. The number of hydrogen-bond donors (Lipinski definition) is 0. The van der Waals surface area contributed by atoms with Gasteiger partial charge < -0.3 is 9.64 Å². The average Bonchev–Trinajstić information content (AvgIpc) is 2.65. The number of carbonyl (C=O) groups is 1. The highest BCUT2D eigenvalue weighted by molar-refractivity contribution is 6.70. The van der Waals surface area contributed by atoms with E-state index in [4.69, 9.17) is 16.3 Å². The van der Waals surface area contributed by atoms with Crippen LogP contribution >= 0.6 is 11.6 Å².